The number of hydrogen-bond acceptors (Lipinski definition) is 4. The van der Waals surface area contributed by atoms with Gasteiger partial charge in [-0.25, -0.2) is 4.98 Å². The largest absolute Gasteiger partial charge is 0.496 e. The molecule has 3 rings (SSSR count). The molecule has 24 heavy (non-hydrogen) atoms. The first-order valence-electron chi connectivity index (χ1n) is 8.16. The minimum atomic E-state index is -0.0552. The number of carbonyl (C=O) groups excluding carboxylic acids is 1. The van der Waals surface area contributed by atoms with E-state index in [1.807, 2.05) is 24.4 Å². The van der Waals surface area contributed by atoms with Crippen LogP contribution < -0.4 is 4.74 Å². The molecule has 1 aliphatic heterocycles. The number of benzene rings is 1. The number of rotatable bonds is 4. The lowest BCUT2D eigenvalue weighted by atomic mass is 10.1. The number of aromatic nitrogens is 2. The Kier molecular flexibility index (Phi) is 4.57. The van der Waals surface area contributed by atoms with Gasteiger partial charge in [0.05, 0.1) is 13.2 Å². The summed E-state index contributed by atoms with van der Waals surface area (Å²) in [6, 6.07) is 8.23. The Labute approximate surface area is 142 Å². The lowest BCUT2D eigenvalue weighted by Gasteiger charge is -2.34. The number of carbonyl (C=O) groups is 1. The molecule has 0 fully saturated rings. The monoisotopic (exact) mass is 328 g/mol. The zero-order valence-electron chi connectivity index (χ0n) is 14.7. The first kappa shape index (κ1) is 16.5. The molecule has 1 aromatic carbocycles. The van der Waals surface area contributed by atoms with Crippen molar-refractivity contribution in [3.05, 3.63) is 47.5 Å². The molecule has 6 heteroatoms. The van der Waals surface area contributed by atoms with Gasteiger partial charge in [-0.05, 0) is 13.0 Å². The summed E-state index contributed by atoms with van der Waals surface area (Å²) in [6.45, 7) is 4.69. The van der Waals surface area contributed by atoms with E-state index in [4.69, 9.17) is 4.74 Å². The normalized spacial score (nSPS) is 17.4. The highest BCUT2D eigenvalue weighted by Crippen LogP contribution is 2.28. The van der Waals surface area contributed by atoms with Gasteiger partial charge in [0.15, 0.2) is 0 Å². The molecule has 0 radical (unpaired) electrons. The van der Waals surface area contributed by atoms with Crippen molar-refractivity contribution in [1.82, 2.24) is 19.4 Å². The molecule has 0 bridgehead atoms. The van der Waals surface area contributed by atoms with Gasteiger partial charge >= 0.3 is 0 Å². The predicted molar refractivity (Wildman–Crippen MR) is 92.1 cm³/mol. The third kappa shape index (κ3) is 3.01. The lowest BCUT2D eigenvalue weighted by Crippen LogP contribution is -2.36. The van der Waals surface area contributed by atoms with Gasteiger partial charge in [0, 0.05) is 45.5 Å². The van der Waals surface area contributed by atoms with E-state index in [0.717, 1.165) is 36.8 Å². The minimum Gasteiger partial charge on any atom is -0.496 e. The SMILES string of the molecule is COc1ccccc1CN1CCn2cc(C(=O)N(C)C)nc2[C@@H]1C. The van der Waals surface area contributed by atoms with E-state index in [0.29, 0.717) is 5.69 Å². The fourth-order valence-corrected chi connectivity index (χ4v) is 3.14. The van der Waals surface area contributed by atoms with Gasteiger partial charge in [-0.1, -0.05) is 18.2 Å². The summed E-state index contributed by atoms with van der Waals surface area (Å²) < 4.78 is 7.55. The van der Waals surface area contributed by atoms with E-state index in [1.54, 1.807) is 26.1 Å². The Bertz CT molecular complexity index is 738. The number of para-hydroxylation sites is 1. The van der Waals surface area contributed by atoms with Crippen LogP contribution in [-0.2, 0) is 13.1 Å². The van der Waals surface area contributed by atoms with Crippen LogP contribution in [0.15, 0.2) is 30.5 Å². The molecule has 1 aliphatic rings. The van der Waals surface area contributed by atoms with E-state index >= 15 is 0 Å². The highest BCUT2D eigenvalue weighted by atomic mass is 16.5. The molecule has 2 aromatic rings. The van der Waals surface area contributed by atoms with Crippen LogP contribution >= 0.6 is 0 Å². The summed E-state index contributed by atoms with van der Waals surface area (Å²) in [5.74, 6) is 1.80. The second-order valence-electron chi connectivity index (χ2n) is 6.34. The van der Waals surface area contributed by atoms with E-state index in [-0.39, 0.29) is 11.9 Å². The maximum absolute atomic E-state index is 12.1. The summed E-state index contributed by atoms with van der Waals surface area (Å²) in [5, 5.41) is 0. The van der Waals surface area contributed by atoms with Gasteiger partial charge in [-0.3, -0.25) is 9.69 Å². The number of nitrogens with zero attached hydrogens (tertiary/aromatic N) is 4. The number of ether oxygens (including phenoxy) is 1. The third-order valence-corrected chi connectivity index (χ3v) is 4.55. The van der Waals surface area contributed by atoms with Crippen LogP contribution in [0.25, 0.3) is 0 Å². The molecule has 1 atom stereocenters. The highest BCUT2D eigenvalue weighted by molar-refractivity contribution is 5.91. The number of amides is 1. The molecule has 0 spiro atoms. The molecular weight excluding hydrogens is 304 g/mol. The van der Waals surface area contributed by atoms with Gasteiger partial charge in [0.2, 0.25) is 0 Å². The van der Waals surface area contributed by atoms with Crippen molar-refractivity contribution in [1.29, 1.82) is 0 Å². The molecule has 2 heterocycles. The van der Waals surface area contributed by atoms with Crippen LogP contribution in [0, 0.1) is 0 Å². The van der Waals surface area contributed by atoms with E-state index < -0.39 is 0 Å². The standard InChI is InChI=1S/C18H24N4O2/c1-13-17-19-15(18(23)20(2)3)12-22(17)10-9-21(13)11-14-7-5-6-8-16(14)24-4/h5-8,12-13H,9-11H2,1-4H3/t13-/m0/s1. The molecule has 0 aliphatic carbocycles. The fourth-order valence-electron chi connectivity index (χ4n) is 3.14. The van der Waals surface area contributed by atoms with Crippen molar-refractivity contribution in [3.63, 3.8) is 0 Å². The molecule has 128 valence electrons. The maximum atomic E-state index is 12.1. The topological polar surface area (TPSA) is 50.6 Å². The number of fused-ring (bicyclic) bond motifs is 1. The van der Waals surface area contributed by atoms with E-state index in [9.17, 15) is 4.79 Å². The van der Waals surface area contributed by atoms with Gasteiger partial charge in [-0.15, -0.1) is 0 Å². The molecule has 1 amide bonds. The quantitative estimate of drug-likeness (QED) is 0.863. The van der Waals surface area contributed by atoms with Gasteiger partial charge in [0.25, 0.3) is 5.91 Å². The van der Waals surface area contributed by atoms with Crippen molar-refractivity contribution < 1.29 is 9.53 Å². The summed E-state index contributed by atoms with van der Waals surface area (Å²) in [4.78, 5) is 20.7. The van der Waals surface area contributed by atoms with Crippen LogP contribution in [-0.4, -0.2) is 53.0 Å². The summed E-state index contributed by atoms with van der Waals surface area (Å²) in [6.07, 6.45) is 1.87. The average Bonchev–Trinajstić information content (AvgIpc) is 3.02. The Balaban J connectivity index is 1.82. The second-order valence-corrected chi connectivity index (χ2v) is 6.34. The Morgan fingerprint density at radius 2 is 2.08 bits per heavy atom. The maximum Gasteiger partial charge on any atom is 0.273 e. The zero-order chi connectivity index (χ0) is 17.3. The predicted octanol–water partition coefficient (Wildman–Crippen LogP) is 2.17. The summed E-state index contributed by atoms with van der Waals surface area (Å²) in [5.41, 5.74) is 1.68. The van der Waals surface area contributed by atoms with Crippen molar-refractivity contribution in [2.45, 2.75) is 26.1 Å². The summed E-state index contributed by atoms with van der Waals surface area (Å²) >= 11 is 0. The van der Waals surface area contributed by atoms with Crippen molar-refractivity contribution in [2.24, 2.45) is 0 Å². The van der Waals surface area contributed by atoms with Crippen LogP contribution in [0.4, 0.5) is 0 Å². The van der Waals surface area contributed by atoms with Crippen LogP contribution in [0.3, 0.4) is 0 Å². The first-order chi connectivity index (χ1) is 11.5. The third-order valence-electron chi connectivity index (χ3n) is 4.55. The Morgan fingerprint density at radius 1 is 1.33 bits per heavy atom. The molecule has 1 aromatic heterocycles. The molecule has 6 nitrogen and oxygen atoms in total. The molecule has 0 unspecified atom stereocenters. The molecule has 0 saturated heterocycles. The lowest BCUT2D eigenvalue weighted by molar-refractivity contribution is 0.0822. The van der Waals surface area contributed by atoms with Crippen molar-refractivity contribution in [3.8, 4) is 5.75 Å². The number of methoxy groups -OCH3 is 1. The summed E-state index contributed by atoms with van der Waals surface area (Å²) in [7, 11) is 5.19. The molecular formula is C18H24N4O2. The Hall–Kier alpha value is -2.34. The van der Waals surface area contributed by atoms with E-state index in [2.05, 4.69) is 27.4 Å². The van der Waals surface area contributed by atoms with Gasteiger partial charge in [0.1, 0.15) is 17.3 Å². The van der Waals surface area contributed by atoms with Crippen molar-refractivity contribution >= 4 is 5.91 Å². The molecule has 0 saturated carbocycles. The molecule has 0 N–H and O–H groups in total. The Morgan fingerprint density at radius 3 is 2.79 bits per heavy atom. The first-order valence-corrected chi connectivity index (χ1v) is 8.16. The average molecular weight is 328 g/mol. The zero-order valence-corrected chi connectivity index (χ0v) is 14.7. The van der Waals surface area contributed by atoms with Crippen LogP contribution in [0.1, 0.15) is 34.8 Å². The van der Waals surface area contributed by atoms with Crippen molar-refractivity contribution in [2.75, 3.05) is 27.7 Å². The number of imidazole rings is 1. The van der Waals surface area contributed by atoms with Crippen LogP contribution in [0.5, 0.6) is 5.75 Å². The fraction of sp³-hybridized carbons (Fsp3) is 0.444. The number of hydrogen-bond donors (Lipinski definition) is 0. The van der Waals surface area contributed by atoms with E-state index in [1.165, 1.54) is 0 Å². The van der Waals surface area contributed by atoms with Gasteiger partial charge in [-0.2, -0.15) is 0 Å². The van der Waals surface area contributed by atoms with Gasteiger partial charge < -0.3 is 14.2 Å². The second kappa shape index (κ2) is 6.65. The van der Waals surface area contributed by atoms with Crippen LogP contribution in [0.2, 0.25) is 0 Å². The highest BCUT2D eigenvalue weighted by Gasteiger charge is 2.28. The minimum absolute atomic E-state index is 0.0552. The smallest absolute Gasteiger partial charge is 0.273 e.